The highest BCUT2D eigenvalue weighted by atomic mass is 35.5. The molecule has 0 spiro atoms. The van der Waals surface area contributed by atoms with Gasteiger partial charge in [0.2, 0.25) is 0 Å². The lowest BCUT2D eigenvalue weighted by molar-refractivity contribution is 0.0802. The molecule has 1 aliphatic rings. The maximum atomic E-state index is 12.2. The van der Waals surface area contributed by atoms with Gasteiger partial charge in [-0.15, -0.1) is 0 Å². The number of rotatable bonds is 5. The van der Waals surface area contributed by atoms with Crippen molar-refractivity contribution < 1.29 is 19.0 Å². The van der Waals surface area contributed by atoms with Crippen LogP contribution in [0.5, 0.6) is 17.2 Å². The van der Waals surface area contributed by atoms with Gasteiger partial charge in [-0.25, -0.2) is 0 Å². The standard InChI is InChI=1S/C19H20ClNO4/c1-3-21(2)19(22)14-5-4-6-15(11-14)25-12-13-9-16(20)18-17(10-13)23-7-8-24-18/h4-6,9-11H,3,7-8,12H2,1-2H3. The summed E-state index contributed by atoms with van der Waals surface area (Å²) in [5, 5.41) is 0.504. The second-order valence-electron chi connectivity index (χ2n) is 5.74. The Kier molecular flexibility index (Phi) is 5.34. The first-order valence-corrected chi connectivity index (χ1v) is 8.52. The Morgan fingerprint density at radius 3 is 2.84 bits per heavy atom. The Hall–Kier alpha value is -2.40. The van der Waals surface area contributed by atoms with Crippen LogP contribution in [-0.2, 0) is 6.61 Å². The van der Waals surface area contributed by atoms with Crippen LogP contribution in [0.15, 0.2) is 36.4 Å². The van der Waals surface area contributed by atoms with E-state index in [1.165, 1.54) is 0 Å². The first kappa shape index (κ1) is 17.4. The molecule has 0 saturated heterocycles. The zero-order chi connectivity index (χ0) is 17.8. The fourth-order valence-electron chi connectivity index (χ4n) is 2.50. The van der Waals surface area contributed by atoms with Gasteiger partial charge in [0.05, 0.1) is 5.02 Å². The number of carbonyl (C=O) groups excluding carboxylic acids is 1. The monoisotopic (exact) mass is 361 g/mol. The lowest BCUT2D eigenvalue weighted by Crippen LogP contribution is -2.26. The molecule has 0 unspecified atom stereocenters. The lowest BCUT2D eigenvalue weighted by Gasteiger charge is -2.20. The van der Waals surface area contributed by atoms with E-state index in [0.717, 1.165) is 5.56 Å². The highest BCUT2D eigenvalue weighted by Crippen LogP contribution is 2.38. The number of hydrogen-bond acceptors (Lipinski definition) is 4. The van der Waals surface area contributed by atoms with Gasteiger partial charge in [-0.2, -0.15) is 0 Å². The second-order valence-corrected chi connectivity index (χ2v) is 6.14. The number of benzene rings is 2. The largest absolute Gasteiger partial charge is 0.489 e. The van der Waals surface area contributed by atoms with Crippen LogP contribution < -0.4 is 14.2 Å². The van der Waals surface area contributed by atoms with Gasteiger partial charge in [-0.1, -0.05) is 17.7 Å². The fourth-order valence-corrected chi connectivity index (χ4v) is 2.78. The molecule has 1 amide bonds. The minimum Gasteiger partial charge on any atom is -0.489 e. The summed E-state index contributed by atoms with van der Waals surface area (Å²) >= 11 is 6.24. The summed E-state index contributed by atoms with van der Waals surface area (Å²) in [6.45, 7) is 3.90. The van der Waals surface area contributed by atoms with E-state index in [9.17, 15) is 4.79 Å². The highest BCUT2D eigenvalue weighted by Gasteiger charge is 2.17. The Bertz CT molecular complexity index is 778. The molecule has 6 heteroatoms. The van der Waals surface area contributed by atoms with Crippen LogP contribution in [0.2, 0.25) is 5.02 Å². The molecule has 0 aromatic heterocycles. The molecule has 2 aromatic carbocycles. The summed E-state index contributed by atoms with van der Waals surface area (Å²) in [6, 6.07) is 10.8. The van der Waals surface area contributed by atoms with Gasteiger partial charge < -0.3 is 19.1 Å². The predicted molar refractivity (Wildman–Crippen MR) is 95.9 cm³/mol. The topological polar surface area (TPSA) is 48.0 Å². The minimum absolute atomic E-state index is 0.0321. The Morgan fingerprint density at radius 2 is 2.04 bits per heavy atom. The van der Waals surface area contributed by atoms with Crippen LogP contribution in [0.1, 0.15) is 22.8 Å². The van der Waals surface area contributed by atoms with Crippen molar-refractivity contribution in [1.82, 2.24) is 4.90 Å². The molecule has 0 N–H and O–H groups in total. The molecule has 0 radical (unpaired) electrons. The molecule has 2 aromatic rings. The van der Waals surface area contributed by atoms with Gasteiger partial charge in [-0.3, -0.25) is 4.79 Å². The zero-order valence-corrected chi connectivity index (χ0v) is 15.0. The number of carbonyl (C=O) groups is 1. The molecule has 0 bridgehead atoms. The highest BCUT2D eigenvalue weighted by molar-refractivity contribution is 6.32. The number of ether oxygens (including phenoxy) is 3. The molecule has 1 heterocycles. The molecule has 0 atom stereocenters. The number of amides is 1. The lowest BCUT2D eigenvalue weighted by atomic mass is 10.2. The normalized spacial score (nSPS) is 12.6. The second kappa shape index (κ2) is 7.66. The maximum absolute atomic E-state index is 12.2. The molecule has 1 aliphatic heterocycles. The predicted octanol–water partition coefficient (Wildman–Crippen LogP) is 3.78. The third-order valence-electron chi connectivity index (χ3n) is 3.96. The molecule has 25 heavy (non-hydrogen) atoms. The summed E-state index contributed by atoms with van der Waals surface area (Å²) in [4.78, 5) is 13.9. The fraction of sp³-hybridized carbons (Fsp3) is 0.316. The first-order chi connectivity index (χ1) is 12.1. The number of fused-ring (bicyclic) bond motifs is 1. The third kappa shape index (κ3) is 3.99. The average molecular weight is 362 g/mol. The van der Waals surface area contributed by atoms with Crippen LogP contribution in [0, 0.1) is 0 Å². The molecule has 0 fully saturated rings. The van der Waals surface area contributed by atoms with Gasteiger partial charge in [-0.05, 0) is 42.8 Å². The van der Waals surface area contributed by atoms with Crippen molar-refractivity contribution in [3.8, 4) is 17.2 Å². The quantitative estimate of drug-likeness (QED) is 0.813. The maximum Gasteiger partial charge on any atom is 0.253 e. The number of hydrogen-bond donors (Lipinski definition) is 0. The van der Waals surface area contributed by atoms with Crippen LogP contribution in [0.3, 0.4) is 0 Å². The van der Waals surface area contributed by atoms with Gasteiger partial charge in [0.25, 0.3) is 5.91 Å². The molecule has 0 saturated carbocycles. The van der Waals surface area contributed by atoms with Crippen molar-refractivity contribution >= 4 is 17.5 Å². The number of halogens is 1. The van der Waals surface area contributed by atoms with E-state index in [-0.39, 0.29) is 5.91 Å². The smallest absolute Gasteiger partial charge is 0.253 e. The SMILES string of the molecule is CCN(C)C(=O)c1cccc(OCc2cc(Cl)c3c(c2)OCCO3)c1. The van der Waals surface area contributed by atoms with Crippen LogP contribution in [-0.4, -0.2) is 37.6 Å². The number of nitrogens with zero attached hydrogens (tertiary/aromatic N) is 1. The summed E-state index contributed by atoms with van der Waals surface area (Å²) in [5.41, 5.74) is 1.47. The van der Waals surface area contributed by atoms with Crippen molar-refractivity contribution in [3.63, 3.8) is 0 Å². The Balaban J connectivity index is 1.72. The molecule has 132 valence electrons. The van der Waals surface area contributed by atoms with Crippen LogP contribution in [0.25, 0.3) is 0 Å². The van der Waals surface area contributed by atoms with E-state index in [1.807, 2.05) is 25.1 Å². The van der Waals surface area contributed by atoms with Crippen LogP contribution in [0.4, 0.5) is 0 Å². The van der Waals surface area contributed by atoms with E-state index >= 15 is 0 Å². The molecule has 5 nitrogen and oxygen atoms in total. The van der Waals surface area contributed by atoms with E-state index < -0.39 is 0 Å². The van der Waals surface area contributed by atoms with E-state index in [1.54, 1.807) is 30.1 Å². The van der Waals surface area contributed by atoms with Gasteiger partial charge in [0, 0.05) is 19.2 Å². The summed E-state index contributed by atoms with van der Waals surface area (Å²) in [6.07, 6.45) is 0. The summed E-state index contributed by atoms with van der Waals surface area (Å²) < 4.78 is 16.9. The summed E-state index contributed by atoms with van der Waals surface area (Å²) in [5.74, 6) is 1.80. The average Bonchev–Trinajstić information content (AvgIpc) is 2.65. The van der Waals surface area contributed by atoms with Crippen molar-refractivity contribution in [3.05, 3.63) is 52.5 Å². The van der Waals surface area contributed by atoms with Gasteiger partial charge >= 0.3 is 0 Å². The van der Waals surface area contributed by atoms with E-state index in [2.05, 4.69) is 0 Å². The molecule has 3 rings (SSSR count). The van der Waals surface area contributed by atoms with Crippen molar-refractivity contribution in [2.24, 2.45) is 0 Å². The zero-order valence-electron chi connectivity index (χ0n) is 14.3. The van der Waals surface area contributed by atoms with Gasteiger partial charge in [0.15, 0.2) is 11.5 Å². The molecular weight excluding hydrogens is 342 g/mol. The minimum atomic E-state index is -0.0321. The third-order valence-corrected chi connectivity index (χ3v) is 4.24. The van der Waals surface area contributed by atoms with E-state index in [4.69, 9.17) is 25.8 Å². The summed E-state index contributed by atoms with van der Waals surface area (Å²) in [7, 11) is 1.77. The van der Waals surface area contributed by atoms with Crippen molar-refractivity contribution in [1.29, 1.82) is 0 Å². The molecular formula is C19H20ClNO4. The van der Waals surface area contributed by atoms with E-state index in [0.29, 0.717) is 54.2 Å². The molecule has 0 aliphatic carbocycles. The van der Waals surface area contributed by atoms with Crippen molar-refractivity contribution in [2.75, 3.05) is 26.8 Å². The first-order valence-electron chi connectivity index (χ1n) is 8.15. The Morgan fingerprint density at radius 1 is 1.24 bits per heavy atom. The Labute approximate surface area is 152 Å². The van der Waals surface area contributed by atoms with Gasteiger partial charge in [0.1, 0.15) is 25.6 Å². The van der Waals surface area contributed by atoms with Crippen LogP contribution >= 0.6 is 11.6 Å². The van der Waals surface area contributed by atoms with Crippen molar-refractivity contribution in [2.45, 2.75) is 13.5 Å².